The summed E-state index contributed by atoms with van der Waals surface area (Å²) in [5, 5.41) is 2.97. The first-order valence-electron chi connectivity index (χ1n) is 11.4. The minimum atomic E-state index is -3.84. The predicted molar refractivity (Wildman–Crippen MR) is 127 cm³/mol. The lowest BCUT2D eigenvalue weighted by molar-refractivity contribution is -0.142. The number of benzene rings is 1. The van der Waals surface area contributed by atoms with Crippen molar-refractivity contribution >= 4 is 21.8 Å². The lowest BCUT2D eigenvalue weighted by Gasteiger charge is -2.37. The Labute approximate surface area is 197 Å². The molecule has 0 aliphatic carbocycles. The summed E-state index contributed by atoms with van der Waals surface area (Å²) in [6.07, 6.45) is 0. The van der Waals surface area contributed by atoms with E-state index in [4.69, 9.17) is 4.74 Å². The Morgan fingerprint density at radius 1 is 1.12 bits per heavy atom. The Hall–Kier alpha value is -2.01. The van der Waals surface area contributed by atoms with Gasteiger partial charge in [0.1, 0.15) is 6.04 Å². The first-order valence-corrected chi connectivity index (χ1v) is 12.9. The summed E-state index contributed by atoms with van der Waals surface area (Å²) in [6.45, 7) is 12.7. The largest absolute Gasteiger partial charge is 0.379 e. The molecule has 1 aromatic carbocycles. The summed E-state index contributed by atoms with van der Waals surface area (Å²) in [7, 11) is -3.84. The molecule has 186 valence electrons. The molecule has 1 saturated heterocycles. The third kappa shape index (κ3) is 8.69. The molecule has 1 fully saturated rings. The molecule has 0 bridgehead atoms. The minimum Gasteiger partial charge on any atom is -0.379 e. The number of morpholine rings is 1. The molecule has 0 spiro atoms. The molecule has 1 aliphatic rings. The van der Waals surface area contributed by atoms with Crippen molar-refractivity contribution in [3.05, 3.63) is 30.3 Å². The van der Waals surface area contributed by atoms with Gasteiger partial charge >= 0.3 is 0 Å². The number of nitrogens with zero attached hydrogens (tertiary/aromatic N) is 2. The second-order valence-electron chi connectivity index (χ2n) is 9.61. The zero-order valence-corrected chi connectivity index (χ0v) is 21.2. The maximum atomic E-state index is 13.3. The number of carbonyl (C=O) groups excluding carboxylic acids is 2. The Morgan fingerprint density at radius 3 is 2.27 bits per heavy atom. The number of sulfonamides is 1. The van der Waals surface area contributed by atoms with Crippen LogP contribution in [0.1, 0.15) is 34.6 Å². The van der Waals surface area contributed by atoms with Crippen LogP contribution in [0.15, 0.2) is 35.2 Å². The van der Waals surface area contributed by atoms with Crippen molar-refractivity contribution in [3.8, 4) is 0 Å². The van der Waals surface area contributed by atoms with Gasteiger partial charge in [-0.15, -0.1) is 0 Å². The third-order valence-corrected chi connectivity index (χ3v) is 6.70. The summed E-state index contributed by atoms with van der Waals surface area (Å²) in [6, 6.07) is 7.18. The molecule has 2 N–H and O–H groups in total. The minimum absolute atomic E-state index is 0.0866. The molecule has 10 heteroatoms. The van der Waals surface area contributed by atoms with Crippen LogP contribution in [0.2, 0.25) is 0 Å². The fourth-order valence-corrected chi connectivity index (χ4v) is 4.68. The normalized spacial score (nSPS) is 16.4. The van der Waals surface area contributed by atoms with Crippen LogP contribution in [0.4, 0.5) is 0 Å². The fraction of sp³-hybridized carbons (Fsp3) is 0.652. The van der Waals surface area contributed by atoms with Gasteiger partial charge in [0, 0.05) is 31.7 Å². The number of carbonyl (C=O) groups is 2. The van der Waals surface area contributed by atoms with Crippen LogP contribution in [0.5, 0.6) is 0 Å². The SMILES string of the molecule is CC(C)[C@@H](C(=O)NC(C)(C)C)N(CCN1CCOCC1)C(=O)CNS(=O)(=O)c1ccccc1. The molecule has 1 atom stereocenters. The molecular weight excluding hydrogens is 444 g/mol. The maximum absolute atomic E-state index is 13.3. The zero-order chi connectivity index (χ0) is 24.6. The van der Waals surface area contributed by atoms with Crippen molar-refractivity contribution in [1.29, 1.82) is 0 Å². The quantitative estimate of drug-likeness (QED) is 0.516. The van der Waals surface area contributed by atoms with Gasteiger partial charge in [-0.1, -0.05) is 32.0 Å². The van der Waals surface area contributed by atoms with E-state index < -0.39 is 34.1 Å². The average molecular weight is 483 g/mol. The van der Waals surface area contributed by atoms with Gasteiger partial charge in [-0.3, -0.25) is 14.5 Å². The van der Waals surface area contributed by atoms with Crippen LogP contribution in [-0.4, -0.2) is 87.6 Å². The second-order valence-corrected chi connectivity index (χ2v) is 11.4. The van der Waals surface area contributed by atoms with Crippen LogP contribution in [-0.2, 0) is 24.3 Å². The molecule has 1 heterocycles. The number of amides is 2. The lowest BCUT2D eigenvalue weighted by Crippen LogP contribution is -2.58. The van der Waals surface area contributed by atoms with E-state index in [2.05, 4.69) is 14.9 Å². The van der Waals surface area contributed by atoms with Gasteiger partial charge in [-0.2, -0.15) is 0 Å². The molecule has 33 heavy (non-hydrogen) atoms. The summed E-state index contributed by atoms with van der Waals surface area (Å²) < 4.78 is 33.0. The second kappa shape index (κ2) is 11.9. The van der Waals surface area contributed by atoms with Gasteiger partial charge in [-0.05, 0) is 38.8 Å². The molecule has 0 aromatic heterocycles. The molecule has 2 amide bonds. The molecule has 1 aromatic rings. The molecule has 2 rings (SSSR count). The van der Waals surface area contributed by atoms with E-state index in [0.29, 0.717) is 26.3 Å². The van der Waals surface area contributed by atoms with Crippen LogP contribution >= 0.6 is 0 Å². The van der Waals surface area contributed by atoms with E-state index in [1.54, 1.807) is 18.2 Å². The highest BCUT2D eigenvalue weighted by molar-refractivity contribution is 7.89. The van der Waals surface area contributed by atoms with Gasteiger partial charge in [0.2, 0.25) is 21.8 Å². The highest BCUT2D eigenvalue weighted by Gasteiger charge is 2.34. The van der Waals surface area contributed by atoms with E-state index in [0.717, 1.165) is 13.1 Å². The molecule has 1 aliphatic heterocycles. The number of hydrogen-bond donors (Lipinski definition) is 2. The first kappa shape index (κ1) is 27.2. The van der Waals surface area contributed by atoms with E-state index in [9.17, 15) is 18.0 Å². The molecule has 0 radical (unpaired) electrons. The molecule has 9 nitrogen and oxygen atoms in total. The van der Waals surface area contributed by atoms with Gasteiger partial charge in [-0.25, -0.2) is 13.1 Å². The van der Waals surface area contributed by atoms with Crippen molar-refractivity contribution in [2.75, 3.05) is 45.9 Å². The third-order valence-electron chi connectivity index (χ3n) is 5.28. The summed E-state index contributed by atoms with van der Waals surface area (Å²) >= 11 is 0. The van der Waals surface area contributed by atoms with Crippen LogP contribution in [0.25, 0.3) is 0 Å². The van der Waals surface area contributed by atoms with E-state index >= 15 is 0 Å². The number of nitrogens with one attached hydrogen (secondary N) is 2. The number of hydrogen-bond acceptors (Lipinski definition) is 6. The Bertz CT molecular complexity index is 878. The number of rotatable bonds is 10. The van der Waals surface area contributed by atoms with Crippen LogP contribution in [0.3, 0.4) is 0 Å². The fourth-order valence-electron chi connectivity index (χ4n) is 3.68. The van der Waals surface area contributed by atoms with Crippen LogP contribution in [0, 0.1) is 5.92 Å². The van der Waals surface area contributed by atoms with Gasteiger partial charge in [0.05, 0.1) is 24.7 Å². The average Bonchev–Trinajstić information content (AvgIpc) is 2.74. The topological polar surface area (TPSA) is 108 Å². The lowest BCUT2D eigenvalue weighted by atomic mass is 9.99. The van der Waals surface area contributed by atoms with Crippen LogP contribution < -0.4 is 10.0 Å². The Balaban J connectivity index is 2.19. The van der Waals surface area contributed by atoms with E-state index in [1.807, 2.05) is 34.6 Å². The standard InChI is InChI=1S/C23H38N4O5S/c1-18(2)21(22(29)25-23(3,4)5)27(12-11-26-13-15-32-16-14-26)20(28)17-24-33(30,31)19-9-7-6-8-10-19/h6-10,18,21,24H,11-17H2,1-5H3,(H,25,29)/t21-/m0/s1. The summed E-state index contributed by atoms with van der Waals surface area (Å²) in [5.74, 6) is -0.851. The van der Waals surface area contributed by atoms with E-state index in [1.165, 1.54) is 17.0 Å². The maximum Gasteiger partial charge on any atom is 0.243 e. The predicted octanol–water partition coefficient (Wildman–Crippen LogP) is 1.07. The van der Waals surface area contributed by atoms with Gasteiger partial charge in [0.25, 0.3) is 0 Å². The molecule has 0 saturated carbocycles. The van der Waals surface area contributed by atoms with Crippen molar-refractivity contribution in [1.82, 2.24) is 19.8 Å². The Kier molecular flexibility index (Phi) is 9.84. The van der Waals surface area contributed by atoms with Crippen molar-refractivity contribution in [2.24, 2.45) is 5.92 Å². The summed E-state index contributed by atoms with van der Waals surface area (Å²) in [5.41, 5.74) is -0.460. The smallest absolute Gasteiger partial charge is 0.243 e. The summed E-state index contributed by atoms with van der Waals surface area (Å²) in [4.78, 5) is 30.2. The van der Waals surface area contributed by atoms with Gasteiger partial charge in [0.15, 0.2) is 0 Å². The van der Waals surface area contributed by atoms with E-state index in [-0.39, 0.29) is 16.7 Å². The first-order chi connectivity index (χ1) is 15.4. The monoisotopic (exact) mass is 482 g/mol. The molecule has 0 unspecified atom stereocenters. The number of ether oxygens (including phenoxy) is 1. The van der Waals surface area contributed by atoms with Gasteiger partial charge < -0.3 is 15.0 Å². The highest BCUT2D eigenvalue weighted by atomic mass is 32.2. The Morgan fingerprint density at radius 2 is 1.73 bits per heavy atom. The van der Waals surface area contributed by atoms with Crippen molar-refractivity contribution in [3.63, 3.8) is 0 Å². The van der Waals surface area contributed by atoms with Crippen molar-refractivity contribution in [2.45, 2.75) is 51.1 Å². The highest BCUT2D eigenvalue weighted by Crippen LogP contribution is 2.15. The molecular formula is C23H38N4O5S. The van der Waals surface area contributed by atoms with Crippen molar-refractivity contribution < 1.29 is 22.7 Å². The zero-order valence-electron chi connectivity index (χ0n) is 20.3.